The molecule has 0 atom stereocenters. The molecule has 1 aliphatic rings. The number of nitrogens with zero attached hydrogens (tertiary/aromatic N) is 5. The van der Waals surface area contributed by atoms with E-state index < -0.39 is 0 Å². The third-order valence-electron chi connectivity index (χ3n) is 6.89. The molecule has 1 fully saturated rings. The fraction of sp³-hybridized carbons (Fsp3) is 0.300. The van der Waals surface area contributed by atoms with E-state index >= 15 is 0 Å². The van der Waals surface area contributed by atoms with Crippen LogP contribution in [-0.2, 0) is 17.0 Å². The molecule has 5 rings (SSSR count). The second kappa shape index (κ2) is 13.0. The Balaban J connectivity index is 1.21. The van der Waals surface area contributed by atoms with Gasteiger partial charge in [0.05, 0.1) is 25.9 Å². The average molecular weight is 562 g/mol. The topological polar surface area (TPSA) is 72.7 Å². The van der Waals surface area contributed by atoms with Gasteiger partial charge in [0.25, 0.3) is 5.91 Å². The lowest BCUT2D eigenvalue weighted by Gasteiger charge is -2.36. The summed E-state index contributed by atoms with van der Waals surface area (Å²) < 4.78 is 26.9. The van der Waals surface area contributed by atoms with E-state index in [1.54, 1.807) is 38.1 Å². The predicted octanol–water partition coefficient (Wildman–Crippen LogP) is 4.99. The van der Waals surface area contributed by atoms with Gasteiger partial charge < -0.3 is 19.3 Å². The minimum Gasteiger partial charge on any atom is -0.497 e. The third kappa shape index (κ3) is 6.29. The zero-order valence-electron chi connectivity index (χ0n) is 22.6. The number of thioether (sulfide) groups is 1. The Morgan fingerprint density at radius 2 is 1.73 bits per heavy atom. The van der Waals surface area contributed by atoms with Crippen LogP contribution in [0.2, 0.25) is 0 Å². The van der Waals surface area contributed by atoms with Gasteiger partial charge in [0.1, 0.15) is 11.6 Å². The minimum atomic E-state index is -0.232. The number of rotatable bonds is 10. The second-order valence-electron chi connectivity index (χ2n) is 9.40. The van der Waals surface area contributed by atoms with E-state index in [1.165, 1.54) is 6.07 Å². The number of ether oxygens (including phenoxy) is 2. The third-order valence-corrected chi connectivity index (χ3v) is 7.93. The van der Waals surface area contributed by atoms with E-state index in [1.807, 2.05) is 64.4 Å². The van der Waals surface area contributed by atoms with Crippen molar-refractivity contribution in [2.75, 3.05) is 51.9 Å². The molecular weight excluding hydrogens is 529 g/mol. The van der Waals surface area contributed by atoms with Gasteiger partial charge in [0.2, 0.25) is 0 Å². The lowest BCUT2D eigenvalue weighted by molar-refractivity contribution is 0.0746. The highest BCUT2D eigenvalue weighted by molar-refractivity contribution is 7.98. The Labute approximate surface area is 237 Å². The second-order valence-corrected chi connectivity index (χ2v) is 10.3. The van der Waals surface area contributed by atoms with Crippen molar-refractivity contribution >= 4 is 23.4 Å². The fourth-order valence-electron chi connectivity index (χ4n) is 4.69. The minimum absolute atomic E-state index is 0.00498. The maximum absolute atomic E-state index is 14.1. The lowest BCUT2D eigenvalue weighted by atomic mass is 10.1. The zero-order valence-corrected chi connectivity index (χ0v) is 23.4. The standard InChI is InChI=1S/C30H32FN5O3S/c1-38-19-18-36-28(24-6-5-7-25(20-24)39-2)32-33-30(36)40-21-22-10-12-23(13-11-22)29(37)35-16-14-34(15-17-35)27-9-4-3-8-26(27)31/h3-13,20H,14-19,21H2,1-2H3. The van der Waals surface area contributed by atoms with E-state index in [-0.39, 0.29) is 11.7 Å². The number of piperazine rings is 1. The van der Waals surface area contributed by atoms with Crippen molar-refractivity contribution in [1.82, 2.24) is 19.7 Å². The first-order valence-electron chi connectivity index (χ1n) is 13.1. The number of hydrogen-bond acceptors (Lipinski definition) is 7. The van der Waals surface area contributed by atoms with Crippen molar-refractivity contribution in [2.24, 2.45) is 0 Å². The quantitative estimate of drug-likeness (QED) is 0.253. The van der Waals surface area contributed by atoms with Crippen LogP contribution in [0.15, 0.2) is 78.0 Å². The van der Waals surface area contributed by atoms with Crippen molar-refractivity contribution in [3.8, 4) is 17.1 Å². The normalized spacial score (nSPS) is 13.5. The van der Waals surface area contributed by atoms with Gasteiger partial charge in [-0.1, -0.05) is 48.2 Å². The van der Waals surface area contributed by atoms with Crippen LogP contribution in [0, 0.1) is 5.82 Å². The van der Waals surface area contributed by atoms with Gasteiger partial charge in [-0.15, -0.1) is 10.2 Å². The SMILES string of the molecule is COCCn1c(SCc2ccc(C(=O)N3CCN(c4ccccc4F)CC3)cc2)nnc1-c1cccc(OC)c1. The van der Waals surface area contributed by atoms with Crippen LogP contribution >= 0.6 is 11.8 Å². The molecule has 8 nitrogen and oxygen atoms in total. The van der Waals surface area contributed by atoms with Crippen molar-refractivity contribution in [3.05, 3.63) is 89.7 Å². The summed E-state index contributed by atoms with van der Waals surface area (Å²) >= 11 is 1.59. The number of benzene rings is 3. The highest BCUT2D eigenvalue weighted by atomic mass is 32.2. The fourth-order valence-corrected chi connectivity index (χ4v) is 5.61. The van der Waals surface area contributed by atoms with Crippen LogP contribution < -0.4 is 9.64 Å². The van der Waals surface area contributed by atoms with Gasteiger partial charge in [0.15, 0.2) is 11.0 Å². The molecule has 1 amide bonds. The summed E-state index contributed by atoms with van der Waals surface area (Å²) in [5.41, 5.74) is 3.24. The molecule has 0 spiro atoms. The number of methoxy groups -OCH3 is 2. The number of para-hydroxylation sites is 1. The van der Waals surface area contributed by atoms with Crippen LogP contribution in [0.5, 0.6) is 5.75 Å². The molecule has 1 saturated heterocycles. The van der Waals surface area contributed by atoms with Crippen LogP contribution in [0.25, 0.3) is 11.4 Å². The molecule has 208 valence electrons. The first kappa shape index (κ1) is 27.7. The monoisotopic (exact) mass is 561 g/mol. The Hall–Kier alpha value is -3.89. The number of carbonyl (C=O) groups is 1. The Morgan fingerprint density at radius 1 is 0.950 bits per heavy atom. The summed E-state index contributed by atoms with van der Waals surface area (Å²) in [4.78, 5) is 16.9. The Bertz CT molecular complexity index is 1440. The number of hydrogen-bond donors (Lipinski definition) is 0. The molecule has 0 aliphatic carbocycles. The smallest absolute Gasteiger partial charge is 0.253 e. The average Bonchev–Trinajstić information content (AvgIpc) is 3.42. The first-order chi connectivity index (χ1) is 19.6. The Kier molecular flexibility index (Phi) is 8.98. The summed E-state index contributed by atoms with van der Waals surface area (Å²) in [5.74, 6) is 1.96. The van der Waals surface area contributed by atoms with Gasteiger partial charge in [-0.2, -0.15) is 0 Å². The summed E-state index contributed by atoms with van der Waals surface area (Å²) in [6, 6.07) is 22.2. The summed E-state index contributed by atoms with van der Waals surface area (Å²) in [7, 11) is 3.32. The molecule has 0 saturated carbocycles. The van der Waals surface area contributed by atoms with Crippen LogP contribution in [0.3, 0.4) is 0 Å². The zero-order chi connectivity index (χ0) is 27.9. The molecular formula is C30H32FN5O3S. The molecule has 0 unspecified atom stereocenters. The molecule has 0 bridgehead atoms. The molecule has 0 radical (unpaired) electrons. The maximum Gasteiger partial charge on any atom is 0.253 e. The maximum atomic E-state index is 14.1. The largest absolute Gasteiger partial charge is 0.497 e. The van der Waals surface area contributed by atoms with Crippen LogP contribution in [-0.4, -0.2) is 72.6 Å². The number of halogens is 1. The van der Waals surface area contributed by atoms with Crippen LogP contribution in [0.4, 0.5) is 10.1 Å². The van der Waals surface area contributed by atoms with Gasteiger partial charge in [0, 0.05) is 50.2 Å². The molecule has 3 aromatic carbocycles. The van der Waals surface area contributed by atoms with E-state index in [9.17, 15) is 9.18 Å². The van der Waals surface area contributed by atoms with Crippen molar-refractivity contribution in [3.63, 3.8) is 0 Å². The van der Waals surface area contributed by atoms with Crippen molar-refractivity contribution < 1.29 is 18.7 Å². The highest BCUT2D eigenvalue weighted by Crippen LogP contribution is 2.28. The number of anilines is 1. The number of aromatic nitrogens is 3. The van der Waals surface area contributed by atoms with E-state index in [0.717, 1.165) is 27.9 Å². The van der Waals surface area contributed by atoms with E-state index in [2.05, 4.69) is 14.8 Å². The van der Waals surface area contributed by atoms with Crippen LogP contribution in [0.1, 0.15) is 15.9 Å². The first-order valence-corrected chi connectivity index (χ1v) is 14.1. The van der Waals surface area contributed by atoms with Gasteiger partial charge in [-0.05, 0) is 42.0 Å². The molecule has 40 heavy (non-hydrogen) atoms. The molecule has 1 aliphatic heterocycles. The summed E-state index contributed by atoms with van der Waals surface area (Å²) in [6.45, 7) is 3.46. The summed E-state index contributed by atoms with van der Waals surface area (Å²) in [5, 5.41) is 9.69. The van der Waals surface area contributed by atoms with Gasteiger partial charge in [-0.3, -0.25) is 9.36 Å². The number of amides is 1. The molecule has 4 aromatic rings. The molecule has 2 heterocycles. The van der Waals surface area contributed by atoms with Crippen molar-refractivity contribution in [1.29, 1.82) is 0 Å². The Morgan fingerprint density at radius 3 is 2.45 bits per heavy atom. The predicted molar refractivity (Wildman–Crippen MR) is 154 cm³/mol. The van der Waals surface area contributed by atoms with E-state index in [4.69, 9.17) is 9.47 Å². The molecule has 0 N–H and O–H groups in total. The van der Waals surface area contributed by atoms with Gasteiger partial charge in [-0.25, -0.2) is 4.39 Å². The van der Waals surface area contributed by atoms with Gasteiger partial charge >= 0.3 is 0 Å². The highest BCUT2D eigenvalue weighted by Gasteiger charge is 2.23. The lowest BCUT2D eigenvalue weighted by Crippen LogP contribution is -2.49. The molecule has 10 heteroatoms. The number of carbonyl (C=O) groups excluding carboxylic acids is 1. The molecule has 1 aromatic heterocycles. The van der Waals surface area contributed by atoms with E-state index in [0.29, 0.717) is 56.3 Å². The summed E-state index contributed by atoms with van der Waals surface area (Å²) in [6.07, 6.45) is 0. The van der Waals surface area contributed by atoms with Crippen molar-refractivity contribution in [2.45, 2.75) is 17.5 Å².